The first-order valence-electron chi connectivity index (χ1n) is 6.34. The van der Waals surface area contributed by atoms with Gasteiger partial charge in [0.05, 0.1) is 16.3 Å². The van der Waals surface area contributed by atoms with Gasteiger partial charge in [-0.2, -0.15) is 5.10 Å². The fourth-order valence-electron chi connectivity index (χ4n) is 1.67. The molecule has 0 amide bonds. The number of rotatable bonds is 5. The fourth-order valence-corrected chi connectivity index (χ4v) is 1.99. The molecule has 0 bridgehead atoms. The van der Waals surface area contributed by atoms with E-state index in [2.05, 4.69) is 10.2 Å². The fraction of sp³-hybridized carbons (Fsp3) is 0.0667. The van der Waals surface area contributed by atoms with E-state index >= 15 is 0 Å². The maximum absolute atomic E-state index is 5.98. The van der Waals surface area contributed by atoms with Crippen molar-refractivity contribution in [1.82, 2.24) is 0 Å². The molecule has 4 N–H and O–H groups in total. The Labute approximate surface area is 138 Å². The second-order valence-electron chi connectivity index (χ2n) is 4.34. The molecule has 0 saturated heterocycles. The summed E-state index contributed by atoms with van der Waals surface area (Å²) in [5.41, 5.74) is 12.1. The van der Waals surface area contributed by atoms with E-state index in [9.17, 15) is 0 Å². The van der Waals surface area contributed by atoms with E-state index in [1.54, 1.807) is 12.1 Å². The first kappa shape index (κ1) is 16.1. The number of ether oxygens (including phenoxy) is 1. The summed E-state index contributed by atoms with van der Waals surface area (Å²) in [6, 6.07) is 12.7. The van der Waals surface area contributed by atoms with Crippen molar-refractivity contribution in [3.8, 4) is 5.75 Å². The maximum Gasteiger partial charge on any atom is 0.211 e. The lowest BCUT2D eigenvalue weighted by Crippen LogP contribution is -2.21. The van der Waals surface area contributed by atoms with Crippen molar-refractivity contribution in [3.05, 3.63) is 63.6 Å². The van der Waals surface area contributed by atoms with Crippen LogP contribution < -0.4 is 16.2 Å². The summed E-state index contributed by atoms with van der Waals surface area (Å²) in [6.07, 6.45) is 1.52. The monoisotopic (exact) mass is 336 g/mol. The van der Waals surface area contributed by atoms with Gasteiger partial charge in [-0.3, -0.25) is 0 Å². The number of halogens is 2. The average molecular weight is 337 g/mol. The summed E-state index contributed by atoms with van der Waals surface area (Å²) in [5, 5.41) is 8.33. The highest BCUT2D eigenvalue weighted by Gasteiger charge is 2.03. The molecule has 0 aliphatic carbocycles. The Balaban J connectivity index is 2.11. The van der Waals surface area contributed by atoms with Crippen LogP contribution in [0.4, 0.5) is 0 Å². The highest BCUT2D eigenvalue weighted by molar-refractivity contribution is 6.42. The van der Waals surface area contributed by atoms with Crippen molar-refractivity contribution in [2.75, 3.05) is 0 Å². The van der Waals surface area contributed by atoms with Gasteiger partial charge in [-0.1, -0.05) is 41.4 Å². The Morgan fingerprint density at radius 2 is 1.86 bits per heavy atom. The SMILES string of the molecule is NC(N)=N/N=C\c1ccccc1OCc1ccc(Cl)c(Cl)c1. The molecule has 2 aromatic carbocycles. The third-order valence-corrected chi connectivity index (χ3v) is 3.41. The average Bonchev–Trinajstić information content (AvgIpc) is 2.49. The van der Waals surface area contributed by atoms with Gasteiger partial charge in [0.25, 0.3) is 0 Å². The smallest absolute Gasteiger partial charge is 0.211 e. The van der Waals surface area contributed by atoms with Crippen LogP contribution in [0.3, 0.4) is 0 Å². The van der Waals surface area contributed by atoms with Crippen LogP contribution in [0.25, 0.3) is 0 Å². The molecule has 0 spiro atoms. The highest BCUT2D eigenvalue weighted by Crippen LogP contribution is 2.24. The van der Waals surface area contributed by atoms with Gasteiger partial charge in [-0.15, -0.1) is 5.10 Å². The molecule has 0 fully saturated rings. The van der Waals surface area contributed by atoms with Gasteiger partial charge in [0, 0.05) is 5.56 Å². The van der Waals surface area contributed by atoms with Crippen LogP contribution in [0.2, 0.25) is 10.0 Å². The van der Waals surface area contributed by atoms with Gasteiger partial charge in [0.15, 0.2) is 0 Å². The molecule has 0 heterocycles. The summed E-state index contributed by atoms with van der Waals surface area (Å²) in [4.78, 5) is 0. The van der Waals surface area contributed by atoms with Crippen LogP contribution in [0.5, 0.6) is 5.75 Å². The largest absolute Gasteiger partial charge is 0.488 e. The first-order chi connectivity index (χ1) is 10.6. The van der Waals surface area contributed by atoms with Gasteiger partial charge in [-0.05, 0) is 29.8 Å². The van der Waals surface area contributed by atoms with E-state index in [0.717, 1.165) is 11.1 Å². The lowest BCUT2D eigenvalue weighted by atomic mass is 10.2. The maximum atomic E-state index is 5.98. The molecule has 114 valence electrons. The summed E-state index contributed by atoms with van der Waals surface area (Å²) >= 11 is 11.9. The standard InChI is InChI=1S/C15H14Cl2N4O/c16-12-6-5-10(7-13(12)17)9-22-14-4-2-1-3-11(14)8-20-21-15(18)19/h1-8H,9H2,(H4,18,19,21)/b20-8-. The second kappa shape index (κ2) is 7.68. The van der Waals surface area contributed by atoms with Crippen LogP contribution in [0.15, 0.2) is 52.7 Å². The molecule has 0 atom stereocenters. The second-order valence-corrected chi connectivity index (χ2v) is 5.16. The molecule has 0 aliphatic heterocycles. The van der Waals surface area contributed by atoms with Gasteiger partial charge in [0.2, 0.25) is 5.96 Å². The minimum atomic E-state index is -0.106. The zero-order valence-electron chi connectivity index (χ0n) is 11.5. The number of hydrogen-bond acceptors (Lipinski definition) is 3. The molecular formula is C15H14Cl2N4O. The van der Waals surface area contributed by atoms with Crippen molar-refractivity contribution < 1.29 is 4.74 Å². The van der Waals surface area contributed by atoms with Crippen molar-refractivity contribution in [1.29, 1.82) is 0 Å². The lowest BCUT2D eigenvalue weighted by Gasteiger charge is -2.09. The molecule has 0 radical (unpaired) electrons. The minimum Gasteiger partial charge on any atom is -0.488 e. The number of para-hydroxylation sites is 1. The summed E-state index contributed by atoms with van der Waals surface area (Å²) in [6.45, 7) is 0.351. The summed E-state index contributed by atoms with van der Waals surface area (Å²) in [5.74, 6) is 0.550. The lowest BCUT2D eigenvalue weighted by molar-refractivity contribution is 0.306. The molecule has 5 nitrogen and oxygen atoms in total. The van der Waals surface area contributed by atoms with Crippen LogP contribution in [0.1, 0.15) is 11.1 Å². The topological polar surface area (TPSA) is 86.0 Å². The first-order valence-corrected chi connectivity index (χ1v) is 7.09. The van der Waals surface area contributed by atoms with Gasteiger partial charge in [-0.25, -0.2) is 0 Å². The van der Waals surface area contributed by atoms with E-state index in [4.69, 9.17) is 39.4 Å². The Morgan fingerprint density at radius 3 is 2.59 bits per heavy atom. The molecule has 0 aliphatic rings. The molecule has 0 saturated carbocycles. The molecule has 0 unspecified atom stereocenters. The van der Waals surface area contributed by atoms with Gasteiger partial charge < -0.3 is 16.2 Å². The molecule has 2 rings (SSSR count). The quantitative estimate of drug-likeness (QED) is 0.499. The minimum absolute atomic E-state index is 0.106. The predicted molar refractivity (Wildman–Crippen MR) is 90.6 cm³/mol. The Kier molecular flexibility index (Phi) is 5.63. The third kappa shape index (κ3) is 4.65. The highest BCUT2D eigenvalue weighted by atomic mass is 35.5. The normalized spacial score (nSPS) is 10.6. The Bertz CT molecular complexity index is 712. The van der Waals surface area contributed by atoms with Crippen molar-refractivity contribution in [2.45, 2.75) is 6.61 Å². The van der Waals surface area contributed by atoms with Crippen LogP contribution in [-0.4, -0.2) is 12.2 Å². The van der Waals surface area contributed by atoms with Crippen LogP contribution >= 0.6 is 23.2 Å². The number of nitrogens with zero attached hydrogens (tertiary/aromatic N) is 2. The molecule has 22 heavy (non-hydrogen) atoms. The van der Waals surface area contributed by atoms with Crippen molar-refractivity contribution >= 4 is 35.4 Å². The van der Waals surface area contributed by atoms with Crippen LogP contribution in [-0.2, 0) is 6.61 Å². The third-order valence-electron chi connectivity index (χ3n) is 2.67. The summed E-state index contributed by atoms with van der Waals surface area (Å²) < 4.78 is 5.77. The van der Waals surface area contributed by atoms with E-state index < -0.39 is 0 Å². The molecule has 7 heteroatoms. The van der Waals surface area contributed by atoms with E-state index in [0.29, 0.717) is 22.4 Å². The number of guanidine groups is 1. The Morgan fingerprint density at radius 1 is 1.09 bits per heavy atom. The zero-order valence-corrected chi connectivity index (χ0v) is 13.1. The molecular weight excluding hydrogens is 323 g/mol. The van der Waals surface area contributed by atoms with E-state index in [1.165, 1.54) is 6.21 Å². The predicted octanol–water partition coefficient (Wildman–Crippen LogP) is 3.18. The van der Waals surface area contributed by atoms with Gasteiger partial charge in [0.1, 0.15) is 12.4 Å². The van der Waals surface area contributed by atoms with Crippen molar-refractivity contribution in [2.24, 2.45) is 21.7 Å². The van der Waals surface area contributed by atoms with E-state index in [-0.39, 0.29) is 5.96 Å². The Hall–Kier alpha value is -2.24. The number of benzene rings is 2. The van der Waals surface area contributed by atoms with E-state index in [1.807, 2.05) is 30.3 Å². The van der Waals surface area contributed by atoms with Crippen molar-refractivity contribution in [3.63, 3.8) is 0 Å². The van der Waals surface area contributed by atoms with Gasteiger partial charge >= 0.3 is 0 Å². The zero-order chi connectivity index (χ0) is 15.9. The summed E-state index contributed by atoms with van der Waals surface area (Å²) in [7, 11) is 0. The number of hydrogen-bond donors (Lipinski definition) is 2. The molecule has 2 aromatic rings. The molecule has 0 aromatic heterocycles. The van der Waals surface area contributed by atoms with Crippen LogP contribution in [0, 0.1) is 0 Å². The number of nitrogens with two attached hydrogens (primary N) is 2.